The molecule has 76 valence electrons. The molecule has 0 spiro atoms. The Morgan fingerprint density at radius 1 is 1.33 bits per heavy atom. The molecule has 15 heavy (non-hydrogen) atoms. The molecule has 0 aliphatic heterocycles. The Labute approximate surface area is 88.4 Å². The van der Waals surface area contributed by atoms with E-state index in [2.05, 4.69) is 4.98 Å². The average molecular weight is 200 g/mol. The molecule has 0 fully saturated rings. The zero-order chi connectivity index (χ0) is 10.7. The highest BCUT2D eigenvalue weighted by atomic mass is 16.1. The number of ketones is 1. The number of hydrogen-bond acceptors (Lipinski definition) is 2. The lowest BCUT2D eigenvalue weighted by Crippen LogP contribution is -1.97. The van der Waals surface area contributed by atoms with Crippen LogP contribution in [0.15, 0.2) is 43.0 Å². The number of imidazole rings is 1. The van der Waals surface area contributed by atoms with Crippen molar-refractivity contribution in [2.24, 2.45) is 0 Å². The Hall–Kier alpha value is -1.90. The minimum absolute atomic E-state index is 0.173. The van der Waals surface area contributed by atoms with Crippen molar-refractivity contribution in [3.8, 4) is 5.69 Å². The molecule has 0 N–H and O–H groups in total. The Morgan fingerprint density at radius 2 is 2.07 bits per heavy atom. The van der Waals surface area contributed by atoms with Crippen molar-refractivity contribution < 1.29 is 4.79 Å². The van der Waals surface area contributed by atoms with Crippen LogP contribution in [0.1, 0.15) is 23.7 Å². The molecule has 3 heteroatoms. The molecule has 0 aliphatic rings. The summed E-state index contributed by atoms with van der Waals surface area (Å²) in [6.45, 7) is 1.87. The number of carbonyl (C=O) groups is 1. The van der Waals surface area contributed by atoms with E-state index in [1.54, 1.807) is 12.5 Å². The van der Waals surface area contributed by atoms with Crippen molar-refractivity contribution in [2.75, 3.05) is 0 Å². The third-order valence-electron chi connectivity index (χ3n) is 2.31. The van der Waals surface area contributed by atoms with Crippen LogP contribution in [-0.2, 0) is 0 Å². The van der Waals surface area contributed by atoms with Crippen molar-refractivity contribution in [3.63, 3.8) is 0 Å². The summed E-state index contributed by atoms with van der Waals surface area (Å²) >= 11 is 0. The van der Waals surface area contributed by atoms with Gasteiger partial charge in [0.25, 0.3) is 0 Å². The van der Waals surface area contributed by atoms with Crippen molar-refractivity contribution in [1.29, 1.82) is 0 Å². The molecule has 2 rings (SSSR count). The fourth-order valence-electron chi connectivity index (χ4n) is 1.44. The van der Waals surface area contributed by atoms with Gasteiger partial charge in [-0.1, -0.05) is 6.92 Å². The summed E-state index contributed by atoms with van der Waals surface area (Å²) in [6, 6.07) is 7.54. The molecule has 1 aromatic heterocycles. The molecule has 2 aromatic rings. The van der Waals surface area contributed by atoms with Gasteiger partial charge in [-0.3, -0.25) is 4.79 Å². The maximum Gasteiger partial charge on any atom is 0.162 e. The molecule has 0 saturated carbocycles. The van der Waals surface area contributed by atoms with E-state index in [0.717, 1.165) is 11.3 Å². The largest absolute Gasteiger partial charge is 0.306 e. The van der Waals surface area contributed by atoms with Gasteiger partial charge in [0.05, 0.1) is 6.33 Å². The molecular formula is C12H12N2O. The zero-order valence-electron chi connectivity index (χ0n) is 8.55. The van der Waals surface area contributed by atoms with Crippen LogP contribution < -0.4 is 0 Å². The lowest BCUT2D eigenvalue weighted by molar-refractivity contribution is 0.0988. The van der Waals surface area contributed by atoms with Crippen LogP contribution in [0.25, 0.3) is 5.69 Å². The van der Waals surface area contributed by atoms with E-state index in [4.69, 9.17) is 0 Å². The maximum absolute atomic E-state index is 11.4. The number of Topliss-reactive ketones (excluding diaryl/α,β-unsaturated/α-hetero) is 1. The number of hydrogen-bond donors (Lipinski definition) is 0. The summed E-state index contributed by atoms with van der Waals surface area (Å²) < 4.78 is 1.90. The first-order chi connectivity index (χ1) is 7.31. The Balaban J connectivity index is 2.29. The first-order valence-corrected chi connectivity index (χ1v) is 4.93. The molecule has 0 amide bonds. The molecule has 0 unspecified atom stereocenters. The lowest BCUT2D eigenvalue weighted by atomic mass is 10.1. The minimum atomic E-state index is 0.173. The molecule has 1 heterocycles. The van der Waals surface area contributed by atoms with Crippen molar-refractivity contribution in [2.45, 2.75) is 13.3 Å². The Morgan fingerprint density at radius 3 is 2.60 bits per heavy atom. The summed E-state index contributed by atoms with van der Waals surface area (Å²) in [4.78, 5) is 15.4. The molecule has 0 aliphatic carbocycles. The van der Waals surface area contributed by atoms with Gasteiger partial charge in [-0.15, -0.1) is 0 Å². The van der Waals surface area contributed by atoms with E-state index in [0.29, 0.717) is 6.42 Å². The zero-order valence-corrected chi connectivity index (χ0v) is 8.55. The highest BCUT2D eigenvalue weighted by molar-refractivity contribution is 5.95. The molecule has 3 nitrogen and oxygen atoms in total. The van der Waals surface area contributed by atoms with Crippen LogP contribution in [0.2, 0.25) is 0 Å². The van der Waals surface area contributed by atoms with Gasteiger partial charge in [-0.05, 0) is 24.3 Å². The fraction of sp³-hybridized carbons (Fsp3) is 0.167. The van der Waals surface area contributed by atoms with Crippen molar-refractivity contribution in [3.05, 3.63) is 48.5 Å². The van der Waals surface area contributed by atoms with Crippen LogP contribution >= 0.6 is 0 Å². The van der Waals surface area contributed by atoms with Gasteiger partial charge >= 0.3 is 0 Å². The highest BCUT2D eigenvalue weighted by Gasteiger charge is 2.02. The van der Waals surface area contributed by atoms with Crippen molar-refractivity contribution in [1.82, 2.24) is 9.55 Å². The maximum atomic E-state index is 11.4. The third-order valence-corrected chi connectivity index (χ3v) is 2.31. The second kappa shape index (κ2) is 4.09. The van der Waals surface area contributed by atoms with Crippen LogP contribution in [0.5, 0.6) is 0 Å². The normalized spacial score (nSPS) is 10.2. The number of rotatable bonds is 3. The summed E-state index contributed by atoms with van der Waals surface area (Å²) in [5.41, 5.74) is 1.78. The fourth-order valence-corrected chi connectivity index (χ4v) is 1.44. The van der Waals surface area contributed by atoms with Gasteiger partial charge in [-0.2, -0.15) is 0 Å². The Bertz CT molecular complexity index is 443. The topological polar surface area (TPSA) is 34.9 Å². The first-order valence-electron chi connectivity index (χ1n) is 4.93. The lowest BCUT2D eigenvalue weighted by Gasteiger charge is -2.02. The Kier molecular flexibility index (Phi) is 2.63. The third kappa shape index (κ3) is 1.96. The van der Waals surface area contributed by atoms with Gasteiger partial charge in [0, 0.05) is 30.1 Å². The predicted octanol–water partition coefficient (Wildman–Crippen LogP) is 2.47. The number of benzene rings is 1. The summed E-state index contributed by atoms with van der Waals surface area (Å²) in [7, 11) is 0. The van der Waals surface area contributed by atoms with Gasteiger partial charge < -0.3 is 4.57 Å². The molecule has 0 bridgehead atoms. The number of aromatic nitrogens is 2. The van der Waals surface area contributed by atoms with Crippen LogP contribution in [0.4, 0.5) is 0 Å². The monoisotopic (exact) mass is 200 g/mol. The molecule has 1 aromatic carbocycles. The van der Waals surface area contributed by atoms with E-state index in [1.165, 1.54) is 0 Å². The van der Waals surface area contributed by atoms with Crippen LogP contribution in [0.3, 0.4) is 0 Å². The first kappa shape index (κ1) is 9.65. The smallest absolute Gasteiger partial charge is 0.162 e. The van der Waals surface area contributed by atoms with E-state index in [-0.39, 0.29) is 5.78 Å². The van der Waals surface area contributed by atoms with Gasteiger partial charge in [0.1, 0.15) is 0 Å². The summed E-state index contributed by atoms with van der Waals surface area (Å²) in [5.74, 6) is 0.173. The second-order valence-corrected chi connectivity index (χ2v) is 3.29. The van der Waals surface area contributed by atoms with Crippen LogP contribution in [0, 0.1) is 0 Å². The van der Waals surface area contributed by atoms with Gasteiger partial charge in [0.2, 0.25) is 0 Å². The number of nitrogens with zero attached hydrogens (tertiary/aromatic N) is 2. The van der Waals surface area contributed by atoms with Crippen LogP contribution in [-0.4, -0.2) is 15.3 Å². The van der Waals surface area contributed by atoms with Crippen molar-refractivity contribution >= 4 is 5.78 Å². The van der Waals surface area contributed by atoms with Gasteiger partial charge in [-0.25, -0.2) is 4.98 Å². The second-order valence-electron chi connectivity index (χ2n) is 3.29. The predicted molar refractivity (Wildman–Crippen MR) is 58.2 cm³/mol. The SMILES string of the molecule is CCC(=O)c1ccc(-n2ccnc2)cc1. The summed E-state index contributed by atoms with van der Waals surface area (Å²) in [5, 5.41) is 0. The number of carbonyl (C=O) groups excluding carboxylic acids is 1. The molecule has 0 atom stereocenters. The molecule has 0 radical (unpaired) electrons. The van der Waals surface area contributed by atoms with E-state index in [9.17, 15) is 4.79 Å². The van der Waals surface area contributed by atoms with E-state index in [1.807, 2.05) is 42.0 Å². The minimum Gasteiger partial charge on any atom is -0.306 e. The summed E-state index contributed by atoms with van der Waals surface area (Å²) in [6.07, 6.45) is 5.88. The quantitative estimate of drug-likeness (QED) is 0.713. The van der Waals surface area contributed by atoms with Gasteiger partial charge in [0.15, 0.2) is 5.78 Å². The molecule has 0 saturated heterocycles. The van der Waals surface area contributed by atoms with E-state index >= 15 is 0 Å². The van der Waals surface area contributed by atoms with E-state index < -0.39 is 0 Å². The highest BCUT2D eigenvalue weighted by Crippen LogP contribution is 2.10. The molecular weight excluding hydrogens is 188 g/mol. The standard InChI is InChI=1S/C12H12N2O/c1-2-12(15)10-3-5-11(6-4-10)14-8-7-13-9-14/h3-9H,2H2,1H3. The average Bonchev–Trinajstić information content (AvgIpc) is 2.82.